The van der Waals surface area contributed by atoms with Gasteiger partial charge in [-0.1, -0.05) is 18.6 Å². The fourth-order valence-electron chi connectivity index (χ4n) is 2.99. The molecule has 0 fully saturated rings. The van der Waals surface area contributed by atoms with E-state index in [-0.39, 0.29) is 30.4 Å². The van der Waals surface area contributed by atoms with E-state index in [1.807, 2.05) is 0 Å². The molecule has 1 amide bonds. The molecule has 0 spiro atoms. The van der Waals surface area contributed by atoms with Gasteiger partial charge in [-0.3, -0.25) is 9.36 Å². The zero-order valence-electron chi connectivity index (χ0n) is 15.2. The van der Waals surface area contributed by atoms with E-state index < -0.39 is 12.8 Å². The minimum absolute atomic E-state index is 0.0958. The van der Waals surface area contributed by atoms with Gasteiger partial charge in [0.2, 0.25) is 5.91 Å². The van der Waals surface area contributed by atoms with Gasteiger partial charge < -0.3 is 10.1 Å². The fraction of sp³-hybridized carbons (Fsp3) is 0.500. The minimum atomic E-state index is -4.39. The third-order valence-electron chi connectivity index (χ3n) is 4.39. The highest BCUT2D eigenvalue weighted by molar-refractivity contribution is 5.75. The molecule has 10 heteroatoms. The summed E-state index contributed by atoms with van der Waals surface area (Å²) in [4.78, 5) is 24.5. The van der Waals surface area contributed by atoms with E-state index >= 15 is 0 Å². The Morgan fingerprint density at radius 3 is 2.64 bits per heavy atom. The zero-order chi connectivity index (χ0) is 20.1. The molecule has 2 aromatic rings. The Labute approximate surface area is 159 Å². The number of amides is 1. The first-order chi connectivity index (χ1) is 13.3. The summed E-state index contributed by atoms with van der Waals surface area (Å²) in [6.45, 7) is -0.725. The van der Waals surface area contributed by atoms with Crippen LogP contribution in [-0.4, -0.2) is 33.0 Å². The zero-order valence-corrected chi connectivity index (χ0v) is 15.2. The number of carbonyl (C=O) groups is 1. The number of aromatic nitrogens is 3. The highest BCUT2D eigenvalue weighted by Crippen LogP contribution is 2.18. The van der Waals surface area contributed by atoms with E-state index in [1.54, 1.807) is 16.7 Å². The van der Waals surface area contributed by atoms with Crippen LogP contribution in [0.4, 0.5) is 13.2 Å². The van der Waals surface area contributed by atoms with Crippen LogP contribution in [0.25, 0.3) is 0 Å². The summed E-state index contributed by atoms with van der Waals surface area (Å²) in [6, 6.07) is 5.95. The van der Waals surface area contributed by atoms with Crippen molar-refractivity contribution in [2.75, 3.05) is 6.61 Å². The normalized spacial score (nSPS) is 14.2. The van der Waals surface area contributed by atoms with Crippen LogP contribution in [0.3, 0.4) is 0 Å². The molecule has 0 atom stereocenters. The number of hydrogen-bond donors (Lipinski definition) is 1. The van der Waals surface area contributed by atoms with Crippen molar-refractivity contribution in [3.8, 4) is 5.75 Å². The van der Waals surface area contributed by atoms with Crippen molar-refractivity contribution in [3.05, 3.63) is 46.1 Å². The second-order valence-electron chi connectivity index (χ2n) is 6.64. The fourth-order valence-corrected chi connectivity index (χ4v) is 2.99. The number of nitrogens with zero attached hydrogens (tertiary/aromatic N) is 3. The molecule has 1 aliphatic rings. The number of alkyl halides is 3. The molecule has 152 valence electrons. The number of nitrogens with one attached hydrogen (secondary N) is 1. The van der Waals surface area contributed by atoms with Crippen LogP contribution in [0, 0.1) is 0 Å². The SMILES string of the molecule is O=C(Cn1nc2n(c1=O)CCCCC2)NCc1ccc(OCC(F)(F)F)cc1. The maximum absolute atomic E-state index is 12.3. The van der Waals surface area contributed by atoms with Gasteiger partial charge in [-0.2, -0.15) is 18.3 Å². The largest absolute Gasteiger partial charge is 0.484 e. The maximum atomic E-state index is 12.3. The number of halogens is 3. The van der Waals surface area contributed by atoms with Gasteiger partial charge in [0, 0.05) is 19.5 Å². The number of carbonyl (C=O) groups excluding carboxylic acids is 1. The smallest absolute Gasteiger partial charge is 0.422 e. The third kappa shape index (κ3) is 5.37. The van der Waals surface area contributed by atoms with Crippen LogP contribution < -0.4 is 15.7 Å². The molecule has 1 aromatic carbocycles. The number of fused-ring (bicyclic) bond motifs is 1. The Morgan fingerprint density at radius 1 is 1.18 bits per heavy atom. The summed E-state index contributed by atoms with van der Waals surface area (Å²) in [5, 5.41) is 6.93. The average molecular weight is 398 g/mol. The molecule has 0 saturated carbocycles. The highest BCUT2D eigenvalue weighted by atomic mass is 19.4. The van der Waals surface area contributed by atoms with E-state index in [1.165, 1.54) is 16.8 Å². The van der Waals surface area contributed by atoms with Crippen molar-refractivity contribution >= 4 is 5.91 Å². The summed E-state index contributed by atoms with van der Waals surface area (Å²) < 4.78 is 43.8. The third-order valence-corrected chi connectivity index (χ3v) is 4.39. The molecule has 1 aromatic heterocycles. The first kappa shape index (κ1) is 20.0. The van der Waals surface area contributed by atoms with Gasteiger partial charge in [0.15, 0.2) is 6.61 Å². The van der Waals surface area contributed by atoms with Gasteiger partial charge >= 0.3 is 11.9 Å². The second-order valence-corrected chi connectivity index (χ2v) is 6.64. The van der Waals surface area contributed by atoms with Crippen LogP contribution in [-0.2, 0) is 30.8 Å². The Kier molecular flexibility index (Phi) is 6.05. The summed E-state index contributed by atoms with van der Waals surface area (Å²) in [5.41, 5.74) is 0.416. The van der Waals surface area contributed by atoms with Crippen molar-refractivity contribution in [1.29, 1.82) is 0 Å². The average Bonchev–Trinajstić information content (AvgIpc) is 2.82. The molecule has 7 nitrogen and oxygen atoms in total. The van der Waals surface area contributed by atoms with E-state index in [0.717, 1.165) is 25.7 Å². The van der Waals surface area contributed by atoms with Crippen molar-refractivity contribution in [1.82, 2.24) is 19.7 Å². The van der Waals surface area contributed by atoms with Gasteiger partial charge in [-0.05, 0) is 30.5 Å². The monoisotopic (exact) mass is 398 g/mol. The van der Waals surface area contributed by atoms with Crippen molar-refractivity contribution in [2.45, 2.75) is 51.5 Å². The lowest BCUT2D eigenvalue weighted by Crippen LogP contribution is -2.33. The highest BCUT2D eigenvalue weighted by Gasteiger charge is 2.28. The van der Waals surface area contributed by atoms with Crippen LogP contribution >= 0.6 is 0 Å². The van der Waals surface area contributed by atoms with E-state index in [2.05, 4.69) is 15.2 Å². The lowest BCUT2D eigenvalue weighted by molar-refractivity contribution is -0.153. The van der Waals surface area contributed by atoms with Gasteiger partial charge in [-0.15, -0.1) is 0 Å². The number of benzene rings is 1. The van der Waals surface area contributed by atoms with Crippen molar-refractivity contribution < 1.29 is 22.7 Å². The Morgan fingerprint density at radius 2 is 1.93 bits per heavy atom. The van der Waals surface area contributed by atoms with Gasteiger partial charge in [-0.25, -0.2) is 9.48 Å². The number of rotatable bonds is 6. The van der Waals surface area contributed by atoms with Gasteiger partial charge in [0.1, 0.15) is 18.1 Å². The summed E-state index contributed by atoms with van der Waals surface area (Å²) in [7, 11) is 0. The molecule has 2 heterocycles. The Balaban J connectivity index is 1.51. The van der Waals surface area contributed by atoms with Gasteiger partial charge in [0.05, 0.1) is 0 Å². The Bertz CT molecular complexity index is 872. The first-order valence-corrected chi connectivity index (χ1v) is 9.03. The summed E-state index contributed by atoms with van der Waals surface area (Å²) in [6.07, 6.45) is -0.703. The molecule has 1 aliphatic heterocycles. The van der Waals surface area contributed by atoms with E-state index in [9.17, 15) is 22.8 Å². The molecular formula is C18H21F3N4O3. The standard InChI is InChI=1S/C18H21F3N4O3/c19-18(20,21)12-28-14-7-5-13(6-8-14)10-22-16(26)11-25-17(27)24-9-3-1-2-4-15(24)23-25/h5-8H,1-4,9-12H2,(H,22,26). The predicted molar refractivity (Wildman–Crippen MR) is 93.9 cm³/mol. The number of ether oxygens (including phenoxy) is 1. The van der Waals surface area contributed by atoms with E-state index in [0.29, 0.717) is 17.9 Å². The minimum Gasteiger partial charge on any atom is -0.484 e. The molecular weight excluding hydrogens is 377 g/mol. The number of aryl methyl sites for hydroxylation is 1. The molecule has 0 unspecified atom stereocenters. The molecule has 0 aliphatic carbocycles. The lowest BCUT2D eigenvalue weighted by Gasteiger charge is -2.10. The second kappa shape index (κ2) is 8.49. The summed E-state index contributed by atoms with van der Waals surface area (Å²) in [5.74, 6) is 0.441. The van der Waals surface area contributed by atoms with Crippen LogP contribution in [0.2, 0.25) is 0 Å². The molecule has 3 rings (SSSR count). The van der Waals surface area contributed by atoms with Crippen molar-refractivity contribution in [3.63, 3.8) is 0 Å². The van der Waals surface area contributed by atoms with Crippen LogP contribution in [0.5, 0.6) is 5.75 Å². The van der Waals surface area contributed by atoms with Crippen molar-refractivity contribution in [2.24, 2.45) is 0 Å². The van der Waals surface area contributed by atoms with Gasteiger partial charge in [0.25, 0.3) is 0 Å². The topological polar surface area (TPSA) is 78.2 Å². The Hall–Kier alpha value is -2.78. The lowest BCUT2D eigenvalue weighted by atomic mass is 10.2. The first-order valence-electron chi connectivity index (χ1n) is 9.03. The maximum Gasteiger partial charge on any atom is 0.422 e. The summed E-state index contributed by atoms with van der Waals surface area (Å²) >= 11 is 0. The molecule has 0 bridgehead atoms. The molecule has 1 N–H and O–H groups in total. The molecule has 0 saturated heterocycles. The van der Waals surface area contributed by atoms with Crippen LogP contribution in [0.15, 0.2) is 29.1 Å². The molecule has 0 radical (unpaired) electrons. The molecule has 28 heavy (non-hydrogen) atoms. The van der Waals surface area contributed by atoms with E-state index in [4.69, 9.17) is 0 Å². The van der Waals surface area contributed by atoms with Crippen LogP contribution in [0.1, 0.15) is 30.7 Å². The number of hydrogen-bond acceptors (Lipinski definition) is 4. The predicted octanol–water partition coefficient (Wildman–Crippen LogP) is 2.03. The quantitative estimate of drug-likeness (QED) is 0.808.